The van der Waals surface area contributed by atoms with Gasteiger partial charge in [0.15, 0.2) is 11.3 Å². The van der Waals surface area contributed by atoms with Gasteiger partial charge in [-0.1, -0.05) is 12.1 Å². The standard InChI is InChI=1S/C21H19F2N7O3/c1-3-29-10-14(17(28-29)19(24)31)27-21(32)12-9-25-30-15(18(22)23)8-13(26-20(12)30)11-6-4-5-7-16(11)33-2/h4-10,18H,3H2,1-2H3,(H2,24,31)(H,27,32). The summed E-state index contributed by atoms with van der Waals surface area (Å²) in [7, 11) is 1.45. The molecule has 4 aromatic rings. The first-order chi connectivity index (χ1) is 15.8. The highest BCUT2D eigenvalue weighted by atomic mass is 19.3. The molecule has 4 rings (SSSR count). The summed E-state index contributed by atoms with van der Waals surface area (Å²) >= 11 is 0. The summed E-state index contributed by atoms with van der Waals surface area (Å²) in [5, 5.41) is 10.5. The summed E-state index contributed by atoms with van der Waals surface area (Å²) in [4.78, 5) is 29.1. The van der Waals surface area contributed by atoms with Crippen LogP contribution in [0.4, 0.5) is 14.5 Å². The highest BCUT2D eigenvalue weighted by Gasteiger charge is 2.24. The number of para-hydroxylation sites is 1. The largest absolute Gasteiger partial charge is 0.496 e. The maximum atomic E-state index is 13.8. The van der Waals surface area contributed by atoms with Gasteiger partial charge in [0, 0.05) is 18.3 Å². The van der Waals surface area contributed by atoms with E-state index in [1.165, 1.54) is 24.1 Å². The lowest BCUT2D eigenvalue weighted by Crippen LogP contribution is -2.18. The Bertz CT molecular complexity index is 1360. The van der Waals surface area contributed by atoms with Crippen molar-refractivity contribution in [2.75, 3.05) is 12.4 Å². The van der Waals surface area contributed by atoms with Crippen LogP contribution in [0.1, 0.15) is 39.9 Å². The van der Waals surface area contributed by atoms with Crippen LogP contribution in [-0.2, 0) is 6.54 Å². The van der Waals surface area contributed by atoms with Crippen LogP contribution in [-0.4, -0.2) is 43.3 Å². The molecule has 0 atom stereocenters. The molecule has 10 nitrogen and oxygen atoms in total. The number of nitrogens with one attached hydrogen (secondary N) is 1. The van der Waals surface area contributed by atoms with Crippen molar-refractivity contribution in [1.29, 1.82) is 0 Å². The summed E-state index contributed by atoms with van der Waals surface area (Å²) in [5.41, 5.74) is 5.34. The molecule has 0 bridgehead atoms. The summed E-state index contributed by atoms with van der Waals surface area (Å²) in [5.74, 6) is -1.11. The Balaban J connectivity index is 1.83. The summed E-state index contributed by atoms with van der Waals surface area (Å²) in [6.45, 7) is 2.23. The van der Waals surface area contributed by atoms with E-state index in [4.69, 9.17) is 10.5 Å². The van der Waals surface area contributed by atoms with Crippen LogP contribution in [0.5, 0.6) is 5.75 Å². The number of fused-ring (bicyclic) bond motifs is 1. The van der Waals surface area contributed by atoms with Crippen LogP contribution < -0.4 is 15.8 Å². The Labute approximate surface area is 186 Å². The molecule has 0 radical (unpaired) electrons. The van der Waals surface area contributed by atoms with E-state index in [2.05, 4.69) is 20.5 Å². The minimum atomic E-state index is -2.89. The quantitative estimate of drug-likeness (QED) is 0.441. The molecule has 3 N–H and O–H groups in total. The van der Waals surface area contributed by atoms with Crippen molar-refractivity contribution in [2.45, 2.75) is 19.9 Å². The zero-order valence-electron chi connectivity index (χ0n) is 17.6. The van der Waals surface area contributed by atoms with E-state index in [9.17, 15) is 18.4 Å². The third-order valence-corrected chi connectivity index (χ3v) is 4.92. The van der Waals surface area contributed by atoms with Crippen molar-refractivity contribution < 1.29 is 23.1 Å². The molecule has 170 valence electrons. The van der Waals surface area contributed by atoms with Gasteiger partial charge in [-0.3, -0.25) is 14.3 Å². The van der Waals surface area contributed by atoms with E-state index < -0.39 is 23.9 Å². The number of alkyl halides is 2. The number of ether oxygens (including phenoxy) is 1. The van der Waals surface area contributed by atoms with E-state index in [1.54, 1.807) is 31.2 Å². The molecule has 3 aromatic heterocycles. The van der Waals surface area contributed by atoms with E-state index in [0.717, 1.165) is 10.7 Å². The molecule has 33 heavy (non-hydrogen) atoms. The Morgan fingerprint density at radius 3 is 2.70 bits per heavy atom. The number of aromatic nitrogens is 5. The fourth-order valence-corrected chi connectivity index (χ4v) is 3.34. The number of amides is 2. The van der Waals surface area contributed by atoms with E-state index in [-0.39, 0.29) is 28.3 Å². The van der Waals surface area contributed by atoms with Crippen molar-refractivity contribution in [3.8, 4) is 17.0 Å². The maximum Gasteiger partial charge on any atom is 0.280 e. The van der Waals surface area contributed by atoms with Gasteiger partial charge in [0.2, 0.25) is 0 Å². The van der Waals surface area contributed by atoms with Crippen molar-refractivity contribution in [3.05, 3.63) is 59.7 Å². The minimum absolute atomic E-state index is 0.0756. The number of aryl methyl sites for hydroxylation is 1. The van der Waals surface area contributed by atoms with Crippen LogP contribution in [0.25, 0.3) is 16.9 Å². The topological polar surface area (TPSA) is 129 Å². The number of hydrogen-bond acceptors (Lipinski definition) is 6. The smallest absolute Gasteiger partial charge is 0.280 e. The Morgan fingerprint density at radius 2 is 2.03 bits per heavy atom. The molecule has 0 unspecified atom stereocenters. The maximum absolute atomic E-state index is 13.8. The predicted molar refractivity (Wildman–Crippen MR) is 114 cm³/mol. The third kappa shape index (κ3) is 3.97. The van der Waals surface area contributed by atoms with Gasteiger partial charge in [-0.25, -0.2) is 18.3 Å². The lowest BCUT2D eigenvalue weighted by atomic mass is 10.1. The van der Waals surface area contributed by atoms with Crippen LogP contribution in [0.3, 0.4) is 0 Å². The highest BCUT2D eigenvalue weighted by molar-refractivity contribution is 6.10. The van der Waals surface area contributed by atoms with Crippen LogP contribution in [0.15, 0.2) is 42.7 Å². The zero-order chi connectivity index (χ0) is 23.7. The first-order valence-electron chi connectivity index (χ1n) is 9.82. The second-order valence-corrected chi connectivity index (χ2v) is 6.93. The van der Waals surface area contributed by atoms with Gasteiger partial charge in [0.05, 0.1) is 24.7 Å². The number of methoxy groups -OCH3 is 1. The van der Waals surface area contributed by atoms with Gasteiger partial charge in [0.25, 0.3) is 18.2 Å². The monoisotopic (exact) mass is 455 g/mol. The second-order valence-electron chi connectivity index (χ2n) is 6.93. The van der Waals surface area contributed by atoms with Gasteiger partial charge in [-0.2, -0.15) is 10.2 Å². The Hall–Kier alpha value is -4.35. The molecule has 0 aliphatic carbocycles. The fourth-order valence-electron chi connectivity index (χ4n) is 3.34. The normalized spacial score (nSPS) is 11.2. The first kappa shape index (κ1) is 21.9. The SMILES string of the molecule is CCn1cc(NC(=O)c2cnn3c(C(F)F)cc(-c4ccccc4OC)nc23)c(C(N)=O)n1. The molecule has 1 aromatic carbocycles. The first-order valence-corrected chi connectivity index (χ1v) is 9.82. The highest BCUT2D eigenvalue weighted by Crippen LogP contribution is 2.32. The number of carbonyl (C=O) groups excluding carboxylic acids is 2. The zero-order valence-corrected chi connectivity index (χ0v) is 17.6. The van der Waals surface area contributed by atoms with E-state index in [1.807, 2.05) is 0 Å². The number of rotatable bonds is 7. The number of halogens is 2. The molecule has 0 fully saturated rings. The molecule has 0 saturated carbocycles. The minimum Gasteiger partial charge on any atom is -0.496 e. The van der Waals surface area contributed by atoms with E-state index >= 15 is 0 Å². The van der Waals surface area contributed by atoms with Gasteiger partial charge in [-0.15, -0.1) is 0 Å². The molecule has 0 saturated heterocycles. The molecule has 0 aliphatic rings. The number of primary amides is 1. The van der Waals surface area contributed by atoms with Crippen molar-refractivity contribution in [1.82, 2.24) is 24.4 Å². The molecular formula is C21H19F2N7O3. The Morgan fingerprint density at radius 1 is 1.27 bits per heavy atom. The van der Waals surface area contributed by atoms with Gasteiger partial charge in [-0.05, 0) is 25.1 Å². The predicted octanol–water partition coefficient (Wildman–Crippen LogP) is 2.91. The number of nitrogens with zero attached hydrogens (tertiary/aromatic N) is 5. The molecular weight excluding hydrogens is 436 g/mol. The summed E-state index contributed by atoms with van der Waals surface area (Å²) in [6.07, 6.45) is -0.310. The van der Waals surface area contributed by atoms with Crippen molar-refractivity contribution in [2.24, 2.45) is 5.73 Å². The third-order valence-electron chi connectivity index (χ3n) is 4.92. The average Bonchev–Trinajstić information content (AvgIpc) is 3.42. The van der Waals surface area contributed by atoms with Crippen LogP contribution in [0.2, 0.25) is 0 Å². The number of anilines is 1. The lowest BCUT2D eigenvalue weighted by Gasteiger charge is -2.11. The molecule has 0 aliphatic heterocycles. The average molecular weight is 455 g/mol. The Kier molecular flexibility index (Phi) is 5.73. The molecule has 12 heteroatoms. The number of hydrogen-bond donors (Lipinski definition) is 2. The number of nitrogens with two attached hydrogens (primary N) is 1. The number of benzene rings is 1. The van der Waals surface area contributed by atoms with Gasteiger partial charge >= 0.3 is 0 Å². The summed E-state index contributed by atoms with van der Waals surface area (Å²) in [6, 6.07) is 7.98. The fraction of sp³-hybridized carbons (Fsp3) is 0.190. The van der Waals surface area contributed by atoms with Gasteiger partial charge in [0.1, 0.15) is 17.0 Å². The molecule has 0 spiro atoms. The van der Waals surface area contributed by atoms with Crippen LogP contribution in [0, 0.1) is 0 Å². The van der Waals surface area contributed by atoms with Crippen LogP contribution >= 0.6 is 0 Å². The van der Waals surface area contributed by atoms with E-state index in [0.29, 0.717) is 17.9 Å². The van der Waals surface area contributed by atoms with Gasteiger partial charge < -0.3 is 15.8 Å². The summed E-state index contributed by atoms with van der Waals surface area (Å²) < 4.78 is 35.3. The lowest BCUT2D eigenvalue weighted by molar-refractivity contribution is 0.0995. The second kappa shape index (κ2) is 8.65. The molecule has 3 heterocycles. The van der Waals surface area contributed by atoms with Crippen molar-refractivity contribution in [3.63, 3.8) is 0 Å². The number of carbonyl (C=O) groups is 2. The van der Waals surface area contributed by atoms with Crippen molar-refractivity contribution >= 4 is 23.1 Å². The molecule has 2 amide bonds.